The molecule has 3 aromatic rings. The fourth-order valence-electron chi connectivity index (χ4n) is 4.17. The lowest BCUT2D eigenvalue weighted by molar-refractivity contribution is -0.140. The summed E-state index contributed by atoms with van der Waals surface area (Å²) in [6, 6.07) is 14.8. The van der Waals surface area contributed by atoms with E-state index in [1.54, 1.807) is 31.2 Å². The van der Waals surface area contributed by atoms with Crippen molar-refractivity contribution in [2.75, 3.05) is 10.8 Å². The Morgan fingerprint density at radius 2 is 1.59 bits per heavy atom. The molecule has 220 valence electrons. The van der Waals surface area contributed by atoms with Crippen LogP contribution in [0.3, 0.4) is 0 Å². The molecule has 0 spiro atoms. The molecule has 11 heteroatoms. The summed E-state index contributed by atoms with van der Waals surface area (Å²) in [5.41, 5.74) is 1.49. The van der Waals surface area contributed by atoms with Crippen molar-refractivity contribution in [1.82, 2.24) is 10.2 Å². The topological polar surface area (TPSA) is 86.8 Å². The predicted octanol–water partition coefficient (Wildman–Crippen LogP) is 6.36. The maximum atomic E-state index is 14.1. The number of aryl methyl sites for hydroxylation is 1. The normalized spacial score (nSPS) is 12.9. The molecule has 0 aliphatic rings. The van der Waals surface area contributed by atoms with Crippen molar-refractivity contribution < 1.29 is 22.4 Å². The molecular weight excluding hydrogens is 588 g/mol. The molecule has 0 aromatic heterocycles. The predicted molar refractivity (Wildman–Crippen MR) is 161 cm³/mol. The third kappa shape index (κ3) is 8.21. The summed E-state index contributed by atoms with van der Waals surface area (Å²) in [7, 11) is -4.26. The van der Waals surface area contributed by atoms with E-state index in [4.69, 9.17) is 23.2 Å². The van der Waals surface area contributed by atoms with Crippen molar-refractivity contribution in [1.29, 1.82) is 0 Å². The van der Waals surface area contributed by atoms with E-state index in [0.29, 0.717) is 22.0 Å². The second-order valence-corrected chi connectivity index (χ2v) is 12.5. The highest BCUT2D eigenvalue weighted by Gasteiger charge is 2.34. The maximum absolute atomic E-state index is 14.1. The van der Waals surface area contributed by atoms with E-state index in [2.05, 4.69) is 5.32 Å². The van der Waals surface area contributed by atoms with Crippen molar-refractivity contribution in [3.63, 3.8) is 0 Å². The van der Waals surface area contributed by atoms with Crippen LogP contribution >= 0.6 is 23.2 Å². The number of benzene rings is 3. The van der Waals surface area contributed by atoms with E-state index in [9.17, 15) is 22.4 Å². The highest BCUT2D eigenvalue weighted by Crippen LogP contribution is 2.27. The lowest BCUT2D eigenvalue weighted by Crippen LogP contribution is -2.53. The summed E-state index contributed by atoms with van der Waals surface area (Å²) in [4.78, 5) is 28.7. The highest BCUT2D eigenvalue weighted by atomic mass is 35.5. The van der Waals surface area contributed by atoms with Crippen LogP contribution in [0, 0.1) is 12.7 Å². The SMILES string of the molecule is CC[C@H](C)NC(=O)[C@H](CC)N(Cc1ccc(Cl)cc1Cl)C(=O)CN(c1ccc(F)cc1)S(=O)(=O)c1ccc(C)cc1. The first-order chi connectivity index (χ1) is 19.4. The summed E-state index contributed by atoms with van der Waals surface area (Å²) >= 11 is 12.5. The van der Waals surface area contributed by atoms with Gasteiger partial charge in [-0.1, -0.05) is 60.8 Å². The lowest BCUT2D eigenvalue weighted by atomic mass is 10.1. The fourth-order valence-corrected chi connectivity index (χ4v) is 6.05. The molecule has 3 aromatic carbocycles. The number of halogens is 3. The minimum absolute atomic E-state index is 0.0333. The van der Waals surface area contributed by atoms with E-state index in [1.165, 1.54) is 35.2 Å². The Balaban J connectivity index is 2.08. The molecule has 0 aliphatic heterocycles. The molecule has 41 heavy (non-hydrogen) atoms. The first-order valence-electron chi connectivity index (χ1n) is 13.3. The van der Waals surface area contributed by atoms with Crippen LogP contribution in [0.4, 0.5) is 10.1 Å². The van der Waals surface area contributed by atoms with Gasteiger partial charge in [0.1, 0.15) is 18.4 Å². The van der Waals surface area contributed by atoms with Gasteiger partial charge in [0, 0.05) is 22.6 Å². The molecule has 0 heterocycles. The molecule has 0 saturated carbocycles. The second kappa shape index (κ2) is 14.2. The van der Waals surface area contributed by atoms with Crippen LogP contribution in [0.1, 0.15) is 44.7 Å². The van der Waals surface area contributed by atoms with Crippen molar-refractivity contribution in [2.24, 2.45) is 0 Å². The van der Waals surface area contributed by atoms with E-state index >= 15 is 0 Å². The Morgan fingerprint density at radius 1 is 0.951 bits per heavy atom. The molecular formula is C30H34Cl2FN3O4S. The number of rotatable bonds is 12. The van der Waals surface area contributed by atoms with Gasteiger partial charge in [-0.3, -0.25) is 13.9 Å². The summed E-state index contributed by atoms with van der Waals surface area (Å²) in [6.45, 7) is 6.68. The smallest absolute Gasteiger partial charge is 0.264 e. The summed E-state index contributed by atoms with van der Waals surface area (Å²) < 4.78 is 42.4. The number of sulfonamides is 1. The third-order valence-electron chi connectivity index (χ3n) is 6.75. The van der Waals surface area contributed by atoms with E-state index < -0.39 is 34.3 Å². The van der Waals surface area contributed by atoms with Crippen LogP contribution in [0.5, 0.6) is 0 Å². The van der Waals surface area contributed by atoms with Gasteiger partial charge >= 0.3 is 0 Å². The van der Waals surface area contributed by atoms with Gasteiger partial charge in [0.2, 0.25) is 11.8 Å². The Bertz CT molecular complexity index is 1470. The van der Waals surface area contributed by atoms with Crippen molar-refractivity contribution in [2.45, 2.75) is 64.1 Å². The standard InChI is InChI=1S/C30H34Cl2FN3O4S/c1-5-21(4)34-30(38)28(6-2)35(18-22-9-10-23(31)17-27(22)32)29(37)19-36(25-13-11-24(33)12-14-25)41(39,40)26-15-7-20(3)8-16-26/h7-17,21,28H,5-6,18-19H2,1-4H3,(H,34,38)/t21-,28-/m0/s1. The van der Waals surface area contributed by atoms with Crippen molar-refractivity contribution >= 4 is 50.7 Å². The largest absolute Gasteiger partial charge is 0.352 e. The lowest BCUT2D eigenvalue weighted by Gasteiger charge is -2.34. The van der Waals surface area contributed by atoms with Gasteiger partial charge in [-0.2, -0.15) is 0 Å². The Labute approximate surface area is 251 Å². The van der Waals surface area contributed by atoms with Gasteiger partial charge in [-0.15, -0.1) is 0 Å². The highest BCUT2D eigenvalue weighted by molar-refractivity contribution is 7.92. The van der Waals surface area contributed by atoms with E-state index in [-0.39, 0.29) is 35.5 Å². The zero-order chi connectivity index (χ0) is 30.3. The summed E-state index contributed by atoms with van der Waals surface area (Å²) in [5.74, 6) is -1.56. The molecule has 0 radical (unpaired) electrons. The Morgan fingerprint density at radius 3 is 2.15 bits per heavy atom. The number of amides is 2. The third-order valence-corrected chi connectivity index (χ3v) is 9.12. The molecule has 0 unspecified atom stereocenters. The zero-order valence-corrected chi connectivity index (χ0v) is 25.7. The summed E-state index contributed by atoms with van der Waals surface area (Å²) in [5, 5.41) is 3.63. The maximum Gasteiger partial charge on any atom is 0.264 e. The van der Waals surface area contributed by atoms with Crippen LogP contribution in [0.15, 0.2) is 71.6 Å². The van der Waals surface area contributed by atoms with Crippen molar-refractivity contribution in [3.05, 3.63) is 93.7 Å². The van der Waals surface area contributed by atoms with Gasteiger partial charge in [0.15, 0.2) is 0 Å². The number of nitrogens with zero attached hydrogens (tertiary/aromatic N) is 2. The number of nitrogens with one attached hydrogen (secondary N) is 1. The first-order valence-corrected chi connectivity index (χ1v) is 15.5. The average Bonchev–Trinajstić information content (AvgIpc) is 2.93. The zero-order valence-electron chi connectivity index (χ0n) is 23.4. The van der Waals surface area contributed by atoms with Crippen molar-refractivity contribution in [3.8, 4) is 0 Å². The molecule has 0 aliphatic carbocycles. The van der Waals surface area contributed by atoms with Gasteiger partial charge in [-0.25, -0.2) is 12.8 Å². The quantitative estimate of drug-likeness (QED) is 0.255. The van der Waals surface area contributed by atoms with E-state index in [1.807, 2.05) is 20.8 Å². The number of carbonyl (C=O) groups is 2. The second-order valence-electron chi connectivity index (χ2n) is 9.80. The molecule has 0 saturated heterocycles. The number of hydrogen-bond donors (Lipinski definition) is 1. The average molecular weight is 623 g/mol. The molecule has 0 fully saturated rings. The van der Waals surface area contributed by atoms with Crippen LogP contribution in [0.2, 0.25) is 10.0 Å². The fraction of sp³-hybridized carbons (Fsp3) is 0.333. The Hall–Kier alpha value is -3.14. The molecule has 3 rings (SSSR count). The van der Waals surface area contributed by atoms with Gasteiger partial charge in [0.05, 0.1) is 10.6 Å². The molecule has 7 nitrogen and oxygen atoms in total. The van der Waals surface area contributed by atoms with Crippen LogP contribution in [-0.2, 0) is 26.2 Å². The van der Waals surface area contributed by atoms with Gasteiger partial charge < -0.3 is 10.2 Å². The van der Waals surface area contributed by atoms with Crippen LogP contribution in [-0.4, -0.2) is 43.8 Å². The van der Waals surface area contributed by atoms with E-state index in [0.717, 1.165) is 22.0 Å². The Kier molecular flexibility index (Phi) is 11.2. The molecule has 1 N–H and O–H groups in total. The molecule has 2 atom stereocenters. The monoisotopic (exact) mass is 621 g/mol. The first kappa shape index (κ1) is 32.4. The van der Waals surface area contributed by atoms with Crippen LogP contribution < -0.4 is 9.62 Å². The van der Waals surface area contributed by atoms with Gasteiger partial charge in [-0.05, 0) is 80.8 Å². The molecule has 0 bridgehead atoms. The number of carbonyl (C=O) groups excluding carboxylic acids is 2. The minimum Gasteiger partial charge on any atom is -0.352 e. The number of anilines is 1. The summed E-state index contributed by atoms with van der Waals surface area (Å²) in [6.07, 6.45) is 0.951. The van der Waals surface area contributed by atoms with Crippen LogP contribution in [0.25, 0.3) is 0 Å². The minimum atomic E-state index is -4.26. The molecule has 2 amide bonds. The number of hydrogen-bond acceptors (Lipinski definition) is 4. The van der Waals surface area contributed by atoms with Gasteiger partial charge in [0.25, 0.3) is 10.0 Å².